The zero-order valence-corrected chi connectivity index (χ0v) is 48.8. The van der Waals surface area contributed by atoms with Crippen molar-refractivity contribution in [2.75, 3.05) is 13.2 Å². The first-order valence-corrected chi connectivity index (χ1v) is 31.0. The van der Waals surface area contributed by atoms with Crippen LogP contribution in [0.1, 0.15) is 278 Å². The molecule has 0 aromatic heterocycles. The van der Waals surface area contributed by atoms with Gasteiger partial charge in [-0.15, -0.1) is 0 Å². The van der Waals surface area contributed by atoms with Gasteiger partial charge in [0.15, 0.2) is 6.10 Å². The summed E-state index contributed by atoms with van der Waals surface area (Å²) < 4.78 is 16.8. The molecule has 0 heterocycles. The van der Waals surface area contributed by atoms with Gasteiger partial charge in [-0.3, -0.25) is 14.4 Å². The van der Waals surface area contributed by atoms with E-state index in [-0.39, 0.29) is 37.5 Å². The van der Waals surface area contributed by atoms with Crippen molar-refractivity contribution in [2.45, 2.75) is 284 Å². The van der Waals surface area contributed by atoms with Gasteiger partial charge in [-0.2, -0.15) is 0 Å². The summed E-state index contributed by atoms with van der Waals surface area (Å²) in [5.74, 6) is -0.962. The van der Waals surface area contributed by atoms with Crippen LogP contribution in [-0.4, -0.2) is 37.2 Å². The lowest BCUT2D eigenvalue weighted by Crippen LogP contribution is -2.30. The van der Waals surface area contributed by atoms with Gasteiger partial charge in [-0.25, -0.2) is 0 Å². The van der Waals surface area contributed by atoms with E-state index in [1.807, 2.05) is 0 Å². The van der Waals surface area contributed by atoms with Crippen LogP contribution in [0.25, 0.3) is 0 Å². The molecule has 426 valence electrons. The molecule has 0 saturated heterocycles. The number of hydrogen-bond donors (Lipinski definition) is 0. The quantitative estimate of drug-likeness (QED) is 0.0261. The van der Waals surface area contributed by atoms with E-state index in [1.54, 1.807) is 0 Å². The molecule has 6 heteroatoms. The van der Waals surface area contributed by atoms with Crippen molar-refractivity contribution in [3.63, 3.8) is 0 Å². The Morgan fingerprint density at radius 1 is 0.280 bits per heavy atom. The average molecular weight is 1040 g/mol. The summed E-state index contributed by atoms with van der Waals surface area (Å²) in [7, 11) is 0. The van der Waals surface area contributed by atoms with Gasteiger partial charge in [0, 0.05) is 19.3 Å². The second-order valence-corrected chi connectivity index (χ2v) is 20.2. The van der Waals surface area contributed by atoms with Crippen molar-refractivity contribution < 1.29 is 28.6 Å². The number of esters is 3. The molecule has 0 radical (unpaired) electrons. The lowest BCUT2D eigenvalue weighted by molar-refractivity contribution is -0.167. The molecule has 0 aliphatic rings. The first-order valence-electron chi connectivity index (χ1n) is 31.0. The fourth-order valence-corrected chi connectivity index (χ4v) is 8.32. The summed E-state index contributed by atoms with van der Waals surface area (Å²) in [6.07, 6.45) is 86.4. The predicted molar refractivity (Wildman–Crippen MR) is 325 cm³/mol. The molecule has 0 amide bonds. The maximum atomic E-state index is 12.9. The topological polar surface area (TPSA) is 78.9 Å². The molecule has 1 atom stereocenters. The number of rotatable bonds is 55. The van der Waals surface area contributed by atoms with Crippen molar-refractivity contribution in [3.05, 3.63) is 122 Å². The number of carbonyl (C=O) groups excluding carboxylic acids is 3. The van der Waals surface area contributed by atoms with Gasteiger partial charge in [0.1, 0.15) is 13.2 Å². The zero-order chi connectivity index (χ0) is 54.3. The molecule has 0 N–H and O–H groups in total. The van der Waals surface area contributed by atoms with E-state index in [0.717, 1.165) is 103 Å². The Hall–Kier alpha value is -4.19. The van der Waals surface area contributed by atoms with Crippen LogP contribution in [0.15, 0.2) is 122 Å². The van der Waals surface area contributed by atoms with Crippen LogP contribution in [0.2, 0.25) is 0 Å². The third-order valence-electron chi connectivity index (χ3n) is 13.0. The highest BCUT2D eigenvalue weighted by molar-refractivity contribution is 5.71. The number of ether oxygens (including phenoxy) is 3. The molecule has 0 saturated carbocycles. The van der Waals surface area contributed by atoms with Gasteiger partial charge < -0.3 is 14.2 Å². The Kier molecular flexibility index (Phi) is 58.9. The third kappa shape index (κ3) is 60.6. The molecule has 0 aliphatic heterocycles. The minimum absolute atomic E-state index is 0.0969. The molecule has 0 spiro atoms. The van der Waals surface area contributed by atoms with Gasteiger partial charge >= 0.3 is 17.9 Å². The number of unbranched alkanes of at least 4 members (excludes halogenated alkanes) is 24. The molecule has 0 aromatic rings. The fraction of sp³-hybridized carbons (Fsp3) is 0.667. The lowest BCUT2D eigenvalue weighted by atomic mass is 10.1. The van der Waals surface area contributed by atoms with E-state index in [1.165, 1.54) is 128 Å². The minimum Gasteiger partial charge on any atom is -0.462 e. The van der Waals surface area contributed by atoms with Crippen LogP contribution in [0.4, 0.5) is 0 Å². The van der Waals surface area contributed by atoms with Gasteiger partial charge in [-0.1, -0.05) is 271 Å². The van der Waals surface area contributed by atoms with Crippen molar-refractivity contribution in [1.29, 1.82) is 0 Å². The maximum Gasteiger partial charge on any atom is 0.306 e. The van der Waals surface area contributed by atoms with Crippen LogP contribution in [-0.2, 0) is 28.6 Å². The van der Waals surface area contributed by atoms with E-state index in [9.17, 15) is 14.4 Å². The van der Waals surface area contributed by atoms with Crippen molar-refractivity contribution >= 4 is 17.9 Å². The highest BCUT2D eigenvalue weighted by Crippen LogP contribution is 2.15. The molecule has 6 nitrogen and oxygen atoms in total. The Labute approximate surface area is 462 Å². The Balaban J connectivity index is 4.36. The van der Waals surface area contributed by atoms with E-state index >= 15 is 0 Å². The second-order valence-electron chi connectivity index (χ2n) is 20.2. The molecule has 0 rings (SSSR count). The van der Waals surface area contributed by atoms with E-state index in [0.29, 0.717) is 19.3 Å². The largest absolute Gasteiger partial charge is 0.462 e. The fourth-order valence-electron chi connectivity index (χ4n) is 8.32. The monoisotopic (exact) mass is 1040 g/mol. The predicted octanol–water partition coefficient (Wildman–Crippen LogP) is 21.2. The smallest absolute Gasteiger partial charge is 0.306 e. The van der Waals surface area contributed by atoms with E-state index in [4.69, 9.17) is 14.2 Å². The van der Waals surface area contributed by atoms with Gasteiger partial charge in [0.05, 0.1) is 0 Å². The SMILES string of the molecule is CC/C=C\C/C=C\C/C=C\C/C=C\C/C=C\C/C=C\C/C=C\C/C=C\C/C=C\CCCC(=O)OCC(COC(=O)CCCCCCCCCCC)OC(=O)CCCCCCCCCCC/C=C\CCCCCCCC. The van der Waals surface area contributed by atoms with Gasteiger partial charge in [0.25, 0.3) is 0 Å². The summed E-state index contributed by atoms with van der Waals surface area (Å²) in [5, 5.41) is 0. The molecule has 0 bridgehead atoms. The highest BCUT2D eigenvalue weighted by atomic mass is 16.6. The van der Waals surface area contributed by atoms with Crippen LogP contribution in [0.5, 0.6) is 0 Å². The third-order valence-corrected chi connectivity index (χ3v) is 13.0. The lowest BCUT2D eigenvalue weighted by Gasteiger charge is -2.18. The van der Waals surface area contributed by atoms with E-state index in [2.05, 4.69) is 142 Å². The number of allylic oxidation sites excluding steroid dienone is 20. The Bertz CT molecular complexity index is 1570. The Morgan fingerprint density at radius 2 is 0.533 bits per heavy atom. The molecule has 0 aromatic carbocycles. The molecular weight excluding hydrogens is 925 g/mol. The molecule has 75 heavy (non-hydrogen) atoms. The Morgan fingerprint density at radius 3 is 0.880 bits per heavy atom. The van der Waals surface area contributed by atoms with Crippen LogP contribution < -0.4 is 0 Å². The first kappa shape index (κ1) is 70.8. The van der Waals surface area contributed by atoms with Crippen molar-refractivity contribution in [1.82, 2.24) is 0 Å². The molecular formula is C69H114O6. The van der Waals surface area contributed by atoms with Crippen molar-refractivity contribution in [2.24, 2.45) is 0 Å². The normalized spacial score (nSPS) is 12.9. The molecule has 0 aliphatic carbocycles. The van der Waals surface area contributed by atoms with Gasteiger partial charge in [-0.05, 0) is 109 Å². The minimum atomic E-state index is -0.803. The molecule has 1 unspecified atom stereocenters. The summed E-state index contributed by atoms with van der Waals surface area (Å²) in [6, 6.07) is 0. The summed E-state index contributed by atoms with van der Waals surface area (Å²) in [5.41, 5.74) is 0. The number of carbonyl (C=O) groups is 3. The zero-order valence-electron chi connectivity index (χ0n) is 48.8. The van der Waals surface area contributed by atoms with E-state index < -0.39 is 6.10 Å². The highest BCUT2D eigenvalue weighted by Gasteiger charge is 2.19. The maximum absolute atomic E-state index is 12.9. The van der Waals surface area contributed by atoms with Crippen molar-refractivity contribution in [3.8, 4) is 0 Å². The molecule has 0 fully saturated rings. The second kappa shape index (κ2) is 62.4. The van der Waals surface area contributed by atoms with Crippen LogP contribution in [0, 0.1) is 0 Å². The van der Waals surface area contributed by atoms with Crippen LogP contribution in [0.3, 0.4) is 0 Å². The summed E-state index contributed by atoms with van der Waals surface area (Å²) in [6.45, 7) is 6.46. The van der Waals surface area contributed by atoms with Crippen LogP contribution >= 0.6 is 0 Å². The summed E-state index contributed by atoms with van der Waals surface area (Å²) >= 11 is 0. The van der Waals surface area contributed by atoms with Gasteiger partial charge in [0.2, 0.25) is 0 Å². The summed E-state index contributed by atoms with van der Waals surface area (Å²) in [4.78, 5) is 38.1. The first-order chi connectivity index (χ1) is 37.0. The number of hydrogen-bond acceptors (Lipinski definition) is 6. The standard InChI is InChI=1S/C69H114O6/c1-4-7-10-13-16-19-21-23-25-27-29-30-31-32-33-34-35-36-37-38-40-41-43-45-47-50-53-56-59-62-68(71)74-65-66(64-73-67(70)61-58-55-52-49-18-15-12-9-6-3)75-69(72)63-60-57-54-51-48-46-44-42-39-28-26-24-22-20-17-14-11-8-5-2/h7,10,16,19,23-26,29-30,32-33,35-36,38,40,43,45,50,53,66H,4-6,8-9,11-15,17-18,20-22,27-28,31,34,37,39,41-42,44,46-49,51-52,54-65H2,1-3H3/b10-7-,19-16-,25-23-,26-24-,30-29-,33-32-,36-35-,40-38-,45-43-,53-50-. The average Bonchev–Trinajstić information content (AvgIpc) is 3.41.